The van der Waals surface area contributed by atoms with E-state index in [1.165, 1.54) is 21.4 Å². The fourth-order valence-corrected chi connectivity index (χ4v) is 3.78. The summed E-state index contributed by atoms with van der Waals surface area (Å²) in [6.45, 7) is 0.839. The maximum atomic E-state index is 12.3. The Balaban J connectivity index is 2.02. The van der Waals surface area contributed by atoms with Crippen molar-refractivity contribution < 1.29 is 18.3 Å². The summed E-state index contributed by atoms with van der Waals surface area (Å²) >= 11 is 0. The normalized spacial score (nSPS) is 20.8. The highest BCUT2D eigenvalue weighted by atomic mass is 32.2. The molecule has 0 bridgehead atoms. The predicted octanol–water partition coefficient (Wildman–Crippen LogP) is 0.295. The molecule has 106 valence electrons. The first kappa shape index (κ1) is 14.0. The van der Waals surface area contributed by atoms with Crippen LogP contribution in [0.1, 0.15) is 19.3 Å². The van der Waals surface area contributed by atoms with E-state index in [1.54, 1.807) is 7.05 Å². The molecule has 0 spiro atoms. The SMILES string of the molecule is Cn1cc(S(=O)(=O)N2CCC(CCC(=O)O)C2)cn1. The smallest absolute Gasteiger partial charge is 0.303 e. The maximum Gasteiger partial charge on any atom is 0.303 e. The third kappa shape index (κ3) is 3.13. The average Bonchev–Trinajstić information content (AvgIpc) is 2.95. The molecule has 0 aromatic carbocycles. The van der Waals surface area contributed by atoms with Crippen LogP contribution in [0.3, 0.4) is 0 Å². The van der Waals surface area contributed by atoms with Crippen molar-refractivity contribution in [3.63, 3.8) is 0 Å². The largest absolute Gasteiger partial charge is 0.481 e. The van der Waals surface area contributed by atoms with E-state index < -0.39 is 16.0 Å². The van der Waals surface area contributed by atoms with Gasteiger partial charge in [0.2, 0.25) is 10.0 Å². The zero-order chi connectivity index (χ0) is 14.0. The van der Waals surface area contributed by atoms with Crippen LogP contribution < -0.4 is 0 Å². The maximum absolute atomic E-state index is 12.3. The Morgan fingerprint density at radius 1 is 1.58 bits per heavy atom. The van der Waals surface area contributed by atoms with Crippen LogP contribution in [-0.4, -0.2) is 46.7 Å². The van der Waals surface area contributed by atoms with Gasteiger partial charge in [0.1, 0.15) is 4.90 Å². The van der Waals surface area contributed by atoms with Crippen molar-refractivity contribution in [1.82, 2.24) is 14.1 Å². The molecule has 1 aliphatic rings. The summed E-state index contributed by atoms with van der Waals surface area (Å²) in [6.07, 6.45) is 4.13. The van der Waals surface area contributed by atoms with Gasteiger partial charge in [0.15, 0.2) is 0 Å². The lowest BCUT2D eigenvalue weighted by molar-refractivity contribution is -0.137. The molecule has 2 rings (SSSR count). The summed E-state index contributed by atoms with van der Waals surface area (Å²) in [5.41, 5.74) is 0. The number of aromatic nitrogens is 2. The van der Waals surface area contributed by atoms with Gasteiger partial charge in [-0.3, -0.25) is 9.48 Å². The van der Waals surface area contributed by atoms with E-state index >= 15 is 0 Å². The van der Waals surface area contributed by atoms with E-state index in [4.69, 9.17) is 5.11 Å². The lowest BCUT2D eigenvalue weighted by Crippen LogP contribution is -2.28. The summed E-state index contributed by atoms with van der Waals surface area (Å²) < 4.78 is 27.4. The molecule has 7 nitrogen and oxygen atoms in total. The Kier molecular flexibility index (Phi) is 3.91. The Labute approximate surface area is 111 Å². The Hall–Kier alpha value is -1.41. The highest BCUT2D eigenvalue weighted by molar-refractivity contribution is 7.89. The molecule has 1 atom stereocenters. The van der Waals surface area contributed by atoms with Crippen molar-refractivity contribution in [2.24, 2.45) is 13.0 Å². The summed E-state index contributed by atoms with van der Waals surface area (Å²) in [5.74, 6) is -0.712. The summed E-state index contributed by atoms with van der Waals surface area (Å²) in [6, 6.07) is 0. The van der Waals surface area contributed by atoms with Gasteiger partial charge in [-0.25, -0.2) is 8.42 Å². The van der Waals surface area contributed by atoms with Crippen LogP contribution >= 0.6 is 0 Å². The van der Waals surface area contributed by atoms with Crippen molar-refractivity contribution in [3.05, 3.63) is 12.4 Å². The number of nitrogens with zero attached hydrogens (tertiary/aromatic N) is 3. The molecule has 0 saturated carbocycles. The summed E-state index contributed by atoms with van der Waals surface area (Å²) in [4.78, 5) is 10.7. The molecular weight excluding hydrogens is 270 g/mol. The van der Waals surface area contributed by atoms with Crippen LogP contribution in [0, 0.1) is 5.92 Å². The Morgan fingerprint density at radius 2 is 2.32 bits per heavy atom. The molecule has 1 unspecified atom stereocenters. The van der Waals surface area contributed by atoms with E-state index in [0.717, 1.165) is 0 Å². The molecule has 0 radical (unpaired) electrons. The number of rotatable bonds is 5. The molecule has 1 aliphatic heterocycles. The Bertz CT molecular complexity index is 566. The van der Waals surface area contributed by atoms with E-state index in [1.807, 2.05) is 0 Å². The third-order valence-corrected chi connectivity index (χ3v) is 5.15. The van der Waals surface area contributed by atoms with Gasteiger partial charge in [0, 0.05) is 32.8 Å². The first-order valence-electron chi connectivity index (χ1n) is 6.10. The molecular formula is C11H17N3O4S. The second-order valence-corrected chi connectivity index (χ2v) is 6.74. The fourth-order valence-electron chi connectivity index (χ4n) is 2.26. The lowest BCUT2D eigenvalue weighted by atomic mass is 10.0. The first-order chi connectivity index (χ1) is 8.89. The summed E-state index contributed by atoms with van der Waals surface area (Å²) in [7, 11) is -1.82. The monoisotopic (exact) mass is 287 g/mol. The molecule has 0 amide bonds. The minimum absolute atomic E-state index is 0.0887. The van der Waals surface area contributed by atoms with Gasteiger partial charge in [0.25, 0.3) is 0 Å². The van der Waals surface area contributed by atoms with E-state index in [9.17, 15) is 13.2 Å². The molecule has 19 heavy (non-hydrogen) atoms. The quantitative estimate of drug-likeness (QED) is 0.840. The molecule has 0 aliphatic carbocycles. The number of carboxylic acid groups (broad SMARTS) is 1. The fraction of sp³-hybridized carbons (Fsp3) is 0.636. The topological polar surface area (TPSA) is 92.5 Å². The highest BCUT2D eigenvalue weighted by Gasteiger charge is 2.33. The van der Waals surface area contributed by atoms with Crippen LogP contribution in [0.4, 0.5) is 0 Å². The van der Waals surface area contributed by atoms with Crippen LogP contribution in [0.25, 0.3) is 0 Å². The zero-order valence-electron chi connectivity index (χ0n) is 10.7. The number of aliphatic carboxylic acids is 1. The molecule has 1 aromatic heterocycles. The predicted molar refractivity (Wildman–Crippen MR) is 66.9 cm³/mol. The van der Waals surface area contributed by atoms with Gasteiger partial charge >= 0.3 is 5.97 Å². The van der Waals surface area contributed by atoms with Crippen molar-refractivity contribution >= 4 is 16.0 Å². The molecule has 2 heterocycles. The molecule has 1 aromatic rings. The minimum Gasteiger partial charge on any atom is -0.481 e. The van der Waals surface area contributed by atoms with Gasteiger partial charge < -0.3 is 5.11 Å². The number of sulfonamides is 1. The number of hydrogen-bond donors (Lipinski definition) is 1. The second kappa shape index (κ2) is 5.30. The Morgan fingerprint density at radius 3 is 2.89 bits per heavy atom. The second-order valence-electron chi connectivity index (χ2n) is 4.80. The number of carboxylic acids is 1. The van der Waals surface area contributed by atoms with Crippen LogP contribution in [-0.2, 0) is 21.9 Å². The molecule has 1 saturated heterocycles. The van der Waals surface area contributed by atoms with E-state index in [0.29, 0.717) is 25.9 Å². The van der Waals surface area contributed by atoms with Gasteiger partial charge in [-0.2, -0.15) is 9.40 Å². The van der Waals surface area contributed by atoms with Crippen molar-refractivity contribution in [2.75, 3.05) is 13.1 Å². The van der Waals surface area contributed by atoms with Crippen molar-refractivity contribution in [1.29, 1.82) is 0 Å². The molecule has 1 fully saturated rings. The molecule has 8 heteroatoms. The van der Waals surface area contributed by atoms with Gasteiger partial charge in [-0.15, -0.1) is 0 Å². The van der Waals surface area contributed by atoms with Gasteiger partial charge in [-0.05, 0) is 18.8 Å². The number of aryl methyl sites for hydroxylation is 1. The van der Waals surface area contributed by atoms with Crippen LogP contribution in [0.5, 0.6) is 0 Å². The first-order valence-corrected chi connectivity index (χ1v) is 7.54. The standard InChI is InChI=1S/C11H17N3O4S/c1-13-8-10(6-12-13)19(17,18)14-5-4-9(7-14)2-3-11(15)16/h6,8-9H,2-5,7H2,1H3,(H,15,16). The van der Waals surface area contributed by atoms with Gasteiger partial charge in [0.05, 0.1) is 6.20 Å². The van der Waals surface area contributed by atoms with Crippen LogP contribution in [0.15, 0.2) is 17.3 Å². The van der Waals surface area contributed by atoms with Crippen LogP contribution in [0.2, 0.25) is 0 Å². The summed E-state index contributed by atoms with van der Waals surface area (Å²) in [5, 5.41) is 12.5. The third-order valence-electron chi connectivity index (χ3n) is 3.33. The number of carbonyl (C=O) groups is 1. The zero-order valence-corrected chi connectivity index (χ0v) is 11.5. The molecule has 1 N–H and O–H groups in total. The van der Waals surface area contributed by atoms with Crippen molar-refractivity contribution in [3.8, 4) is 0 Å². The average molecular weight is 287 g/mol. The van der Waals surface area contributed by atoms with Gasteiger partial charge in [-0.1, -0.05) is 0 Å². The van der Waals surface area contributed by atoms with Crippen molar-refractivity contribution in [2.45, 2.75) is 24.2 Å². The lowest BCUT2D eigenvalue weighted by Gasteiger charge is -2.15. The minimum atomic E-state index is -3.49. The number of hydrogen-bond acceptors (Lipinski definition) is 4. The van der Waals surface area contributed by atoms with E-state index in [2.05, 4.69) is 5.10 Å². The highest BCUT2D eigenvalue weighted by Crippen LogP contribution is 2.26. The van der Waals surface area contributed by atoms with E-state index in [-0.39, 0.29) is 17.2 Å².